The van der Waals surface area contributed by atoms with E-state index in [0.29, 0.717) is 25.6 Å². The molecule has 1 amide bonds. The highest BCUT2D eigenvalue weighted by atomic mass is 35.5. The molecule has 0 spiro atoms. The third-order valence-electron chi connectivity index (χ3n) is 2.93. The number of carbonyl (C=O) groups excluding carboxylic acids is 1. The molecule has 120 valence electrons. The van der Waals surface area contributed by atoms with Gasteiger partial charge in [-0.1, -0.05) is 30.3 Å². The Morgan fingerprint density at radius 3 is 2.82 bits per heavy atom. The van der Waals surface area contributed by atoms with Crippen molar-refractivity contribution in [2.75, 3.05) is 32.1 Å². The normalized spacial score (nSPS) is 10.0. The maximum absolute atomic E-state index is 11.8. The number of rotatable bonds is 8. The van der Waals surface area contributed by atoms with Crippen LogP contribution in [0.1, 0.15) is 5.56 Å². The highest BCUT2D eigenvalue weighted by Gasteiger charge is 2.07. The van der Waals surface area contributed by atoms with Gasteiger partial charge in [-0.15, -0.1) is 12.4 Å². The summed E-state index contributed by atoms with van der Waals surface area (Å²) in [6.07, 6.45) is 3.53. The van der Waals surface area contributed by atoms with E-state index in [4.69, 9.17) is 4.74 Å². The van der Waals surface area contributed by atoms with Crippen molar-refractivity contribution in [1.82, 2.24) is 14.9 Å². The zero-order valence-electron chi connectivity index (χ0n) is 12.5. The number of anilines is 1. The lowest BCUT2D eigenvalue weighted by Gasteiger charge is -2.09. The lowest BCUT2D eigenvalue weighted by molar-refractivity contribution is -0.115. The summed E-state index contributed by atoms with van der Waals surface area (Å²) in [5.74, 6) is 0.434. The summed E-state index contributed by atoms with van der Waals surface area (Å²) in [4.78, 5) is 16.0. The predicted octanol–water partition coefficient (Wildman–Crippen LogP) is 1.53. The van der Waals surface area contributed by atoms with Gasteiger partial charge < -0.3 is 14.6 Å². The van der Waals surface area contributed by atoms with Crippen LogP contribution in [0.15, 0.2) is 42.7 Å². The van der Waals surface area contributed by atoms with E-state index in [-0.39, 0.29) is 24.9 Å². The van der Waals surface area contributed by atoms with Crippen LogP contribution >= 0.6 is 12.4 Å². The smallest absolute Gasteiger partial charge is 0.240 e. The molecular weight excluding hydrogens is 304 g/mol. The molecule has 2 N–H and O–H groups in total. The zero-order valence-corrected chi connectivity index (χ0v) is 13.3. The first kappa shape index (κ1) is 18.2. The van der Waals surface area contributed by atoms with Crippen molar-refractivity contribution in [3.05, 3.63) is 48.3 Å². The Morgan fingerprint density at radius 1 is 1.32 bits per heavy atom. The SMILES string of the molecule is COCCNCC(=O)Nc1nccn1Cc1ccccc1.Cl. The van der Waals surface area contributed by atoms with Gasteiger partial charge in [0.2, 0.25) is 11.9 Å². The molecule has 0 saturated heterocycles. The molecule has 1 heterocycles. The number of imidazole rings is 1. The summed E-state index contributed by atoms with van der Waals surface area (Å²) in [6.45, 7) is 2.13. The van der Waals surface area contributed by atoms with Crippen molar-refractivity contribution in [2.24, 2.45) is 0 Å². The van der Waals surface area contributed by atoms with Crippen LogP contribution in [0.2, 0.25) is 0 Å². The Balaban J connectivity index is 0.00000242. The molecule has 2 aromatic rings. The lowest BCUT2D eigenvalue weighted by Crippen LogP contribution is -2.31. The molecule has 1 aromatic heterocycles. The van der Waals surface area contributed by atoms with E-state index in [2.05, 4.69) is 15.6 Å². The molecule has 6 nitrogen and oxygen atoms in total. The van der Waals surface area contributed by atoms with Crippen molar-refractivity contribution < 1.29 is 9.53 Å². The van der Waals surface area contributed by atoms with E-state index < -0.39 is 0 Å². The van der Waals surface area contributed by atoms with Gasteiger partial charge in [0, 0.05) is 26.0 Å². The van der Waals surface area contributed by atoms with Gasteiger partial charge in [0.25, 0.3) is 0 Å². The molecule has 0 unspecified atom stereocenters. The quantitative estimate of drug-likeness (QED) is 0.723. The van der Waals surface area contributed by atoms with E-state index in [1.807, 2.05) is 41.1 Å². The minimum Gasteiger partial charge on any atom is -0.383 e. The van der Waals surface area contributed by atoms with Gasteiger partial charge in [0.15, 0.2) is 0 Å². The zero-order chi connectivity index (χ0) is 14.9. The van der Waals surface area contributed by atoms with Gasteiger partial charge in [0.05, 0.1) is 19.7 Å². The summed E-state index contributed by atoms with van der Waals surface area (Å²) < 4.78 is 6.81. The van der Waals surface area contributed by atoms with Crippen molar-refractivity contribution >= 4 is 24.3 Å². The fourth-order valence-electron chi connectivity index (χ4n) is 1.89. The Morgan fingerprint density at radius 2 is 2.09 bits per heavy atom. The van der Waals surface area contributed by atoms with Gasteiger partial charge in [-0.25, -0.2) is 4.98 Å². The maximum atomic E-state index is 11.8. The first-order valence-corrected chi connectivity index (χ1v) is 6.84. The highest BCUT2D eigenvalue weighted by molar-refractivity contribution is 5.90. The molecule has 0 aliphatic heterocycles. The molecule has 0 aliphatic carbocycles. The van der Waals surface area contributed by atoms with Crippen LogP contribution < -0.4 is 10.6 Å². The minimum atomic E-state index is -0.119. The number of methoxy groups -OCH3 is 1. The van der Waals surface area contributed by atoms with Crippen LogP contribution in [-0.2, 0) is 16.1 Å². The fourth-order valence-corrected chi connectivity index (χ4v) is 1.89. The second kappa shape index (κ2) is 9.94. The van der Waals surface area contributed by atoms with Crippen LogP contribution in [0.5, 0.6) is 0 Å². The standard InChI is InChI=1S/C15H20N4O2.ClH/c1-21-10-8-16-11-14(20)18-15-17-7-9-19(15)12-13-5-3-2-4-6-13;/h2-7,9,16H,8,10-12H2,1H3,(H,17,18,20);1H. The predicted molar refractivity (Wildman–Crippen MR) is 88.4 cm³/mol. The summed E-state index contributed by atoms with van der Waals surface area (Å²) >= 11 is 0. The monoisotopic (exact) mass is 324 g/mol. The number of ether oxygens (including phenoxy) is 1. The fraction of sp³-hybridized carbons (Fsp3) is 0.333. The number of aromatic nitrogens is 2. The van der Waals surface area contributed by atoms with Crippen LogP contribution in [0, 0.1) is 0 Å². The number of carbonyl (C=O) groups is 1. The van der Waals surface area contributed by atoms with Crippen molar-refractivity contribution in [3.63, 3.8) is 0 Å². The van der Waals surface area contributed by atoms with Crippen LogP contribution in [-0.4, -0.2) is 42.3 Å². The second-order valence-corrected chi connectivity index (χ2v) is 4.58. The number of hydrogen-bond acceptors (Lipinski definition) is 4. The number of benzene rings is 1. The van der Waals surface area contributed by atoms with Crippen LogP contribution in [0.25, 0.3) is 0 Å². The topological polar surface area (TPSA) is 68.2 Å². The Labute approximate surface area is 136 Å². The first-order valence-electron chi connectivity index (χ1n) is 6.84. The number of nitrogens with one attached hydrogen (secondary N) is 2. The average molecular weight is 325 g/mol. The lowest BCUT2D eigenvalue weighted by atomic mass is 10.2. The third-order valence-corrected chi connectivity index (χ3v) is 2.93. The van der Waals surface area contributed by atoms with Crippen molar-refractivity contribution in [2.45, 2.75) is 6.54 Å². The molecular formula is C15H21ClN4O2. The molecule has 0 saturated carbocycles. The van der Waals surface area contributed by atoms with Gasteiger partial charge in [-0.05, 0) is 5.56 Å². The maximum Gasteiger partial charge on any atom is 0.240 e. The van der Waals surface area contributed by atoms with Crippen molar-refractivity contribution in [1.29, 1.82) is 0 Å². The summed E-state index contributed by atoms with van der Waals surface area (Å²) in [5, 5.41) is 5.79. The largest absolute Gasteiger partial charge is 0.383 e. The Bertz CT molecular complexity index is 560. The Kier molecular flexibility index (Phi) is 8.21. The van der Waals surface area contributed by atoms with E-state index in [9.17, 15) is 4.79 Å². The summed E-state index contributed by atoms with van der Waals surface area (Å²) in [6, 6.07) is 10.0. The van der Waals surface area contributed by atoms with E-state index in [0.717, 1.165) is 5.56 Å². The molecule has 0 fully saturated rings. The van der Waals surface area contributed by atoms with Gasteiger partial charge >= 0.3 is 0 Å². The molecule has 7 heteroatoms. The number of nitrogens with zero attached hydrogens (tertiary/aromatic N) is 2. The van der Waals surface area contributed by atoms with Crippen LogP contribution in [0.4, 0.5) is 5.95 Å². The molecule has 0 aliphatic rings. The number of amides is 1. The molecule has 1 aromatic carbocycles. The highest BCUT2D eigenvalue weighted by Crippen LogP contribution is 2.08. The minimum absolute atomic E-state index is 0. The van der Waals surface area contributed by atoms with E-state index in [1.54, 1.807) is 13.3 Å². The van der Waals surface area contributed by atoms with Gasteiger partial charge in [-0.2, -0.15) is 0 Å². The summed E-state index contributed by atoms with van der Waals surface area (Å²) in [7, 11) is 1.63. The average Bonchev–Trinajstić information content (AvgIpc) is 2.92. The molecule has 0 atom stereocenters. The molecule has 0 radical (unpaired) electrons. The molecule has 22 heavy (non-hydrogen) atoms. The summed E-state index contributed by atoms with van der Waals surface area (Å²) in [5.41, 5.74) is 1.16. The van der Waals surface area contributed by atoms with E-state index in [1.165, 1.54) is 0 Å². The van der Waals surface area contributed by atoms with E-state index >= 15 is 0 Å². The number of halogens is 1. The third kappa shape index (κ3) is 5.85. The van der Waals surface area contributed by atoms with Crippen molar-refractivity contribution in [3.8, 4) is 0 Å². The first-order chi connectivity index (χ1) is 10.3. The van der Waals surface area contributed by atoms with Crippen LogP contribution in [0.3, 0.4) is 0 Å². The van der Waals surface area contributed by atoms with Gasteiger partial charge in [-0.3, -0.25) is 10.1 Å². The Hall–Kier alpha value is -1.89. The molecule has 0 bridgehead atoms. The number of hydrogen-bond donors (Lipinski definition) is 2. The molecule has 2 rings (SSSR count). The van der Waals surface area contributed by atoms with Gasteiger partial charge in [0.1, 0.15) is 0 Å². The second-order valence-electron chi connectivity index (χ2n) is 4.58.